The zero-order valence-electron chi connectivity index (χ0n) is 14.1. The van der Waals surface area contributed by atoms with Gasteiger partial charge < -0.3 is 20.7 Å². The molecule has 0 amide bonds. The summed E-state index contributed by atoms with van der Waals surface area (Å²) in [5.41, 5.74) is 4.78. The van der Waals surface area contributed by atoms with E-state index in [0.717, 1.165) is 12.8 Å². The highest BCUT2D eigenvalue weighted by Gasteiger charge is 2.16. The molecular formula is C16H26N2O5. The third-order valence-electron chi connectivity index (χ3n) is 2.97. The van der Waals surface area contributed by atoms with Crippen molar-refractivity contribution in [3.63, 3.8) is 0 Å². The molecular weight excluding hydrogens is 300 g/mol. The molecule has 1 rings (SSSR count). The Bertz CT molecular complexity index is 487. The molecule has 2 unspecified atom stereocenters. The Balaban J connectivity index is 0.00000232. The number of hydrogen-bond donors (Lipinski definition) is 3. The normalized spacial score (nSPS) is 12.6. The number of aromatic carboxylic acids is 2. The van der Waals surface area contributed by atoms with E-state index in [1.807, 2.05) is 27.7 Å². The van der Waals surface area contributed by atoms with Crippen molar-refractivity contribution in [1.29, 1.82) is 0 Å². The molecule has 1 aromatic rings. The van der Waals surface area contributed by atoms with Crippen LogP contribution in [0.1, 0.15) is 61.5 Å². The van der Waals surface area contributed by atoms with E-state index in [4.69, 9.17) is 20.7 Å². The zero-order valence-corrected chi connectivity index (χ0v) is 14.1. The lowest BCUT2D eigenvalue weighted by atomic mass is 10.0. The summed E-state index contributed by atoms with van der Waals surface area (Å²) in [6.45, 7) is 8.48. The quantitative estimate of drug-likeness (QED) is 0.671. The molecule has 0 aliphatic heterocycles. The molecule has 0 bridgehead atoms. The molecule has 0 fully saturated rings. The maximum atomic E-state index is 11.0. The van der Waals surface area contributed by atoms with Gasteiger partial charge in [0.1, 0.15) is 5.75 Å². The first-order valence-corrected chi connectivity index (χ1v) is 7.68. The van der Waals surface area contributed by atoms with Crippen molar-refractivity contribution in [2.75, 3.05) is 6.54 Å². The first kappa shape index (κ1) is 20.9. The number of pyridine rings is 1. The van der Waals surface area contributed by atoms with Crippen LogP contribution in [0, 0.1) is 5.92 Å². The molecule has 7 heteroatoms. The Morgan fingerprint density at radius 1 is 1.17 bits per heavy atom. The van der Waals surface area contributed by atoms with Gasteiger partial charge in [-0.05, 0) is 32.2 Å². The van der Waals surface area contributed by atoms with Crippen LogP contribution in [0.3, 0.4) is 0 Å². The van der Waals surface area contributed by atoms with Crippen LogP contribution in [-0.4, -0.2) is 39.8 Å². The van der Waals surface area contributed by atoms with Crippen molar-refractivity contribution < 1.29 is 24.5 Å². The van der Waals surface area contributed by atoms with E-state index in [1.165, 1.54) is 12.1 Å². The van der Waals surface area contributed by atoms with Crippen LogP contribution in [0.25, 0.3) is 0 Å². The summed E-state index contributed by atoms with van der Waals surface area (Å²) in [5.74, 6) is -2.05. The van der Waals surface area contributed by atoms with Gasteiger partial charge in [-0.25, -0.2) is 14.6 Å². The predicted octanol–water partition coefficient (Wildman–Crippen LogP) is 2.65. The standard InChI is InChI=1S/C14H20N2O5.C2H6/c1-8(3-4-15)5-9(2)21-10-6-11(13(17)18)16-12(7-10)14(19)20;1-2/h6-9H,3-5,15H2,1-2H3,(H,17,18)(H,19,20);1-2H3. The second kappa shape index (κ2) is 10.6. The monoisotopic (exact) mass is 326 g/mol. The minimum atomic E-state index is -1.30. The molecule has 7 nitrogen and oxygen atoms in total. The Morgan fingerprint density at radius 2 is 1.65 bits per heavy atom. The smallest absolute Gasteiger partial charge is 0.354 e. The Morgan fingerprint density at radius 3 is 2.04 bits per heavy atom. The lowest BCUT2D eigenvalue weighted by Crippen LogP contribution is -2.18. The average molecular weight is 326 g/mol. The van der Waals surface area contributed by atoms with Gasteiger partial charge in [0.05, 0.1) is 6.10 Å². The molecule has 4 N–H and O–H groups in total. The van der Waals surface area contributed by atoms with E-state index in [1.54, 1.807) is 0 Å². The fourth-order valence-corrected chi connectivity index (χ4v) is 2.04. The van der Waals surface area contributed by atoms with Crippen LogP contribution in [0.15, 0.2) is 12.1 Å². The molecule has 0 spiro atoms. The lowest BCUT2D eigenvalue weighted by molar-refractivity contribution is 0.0682. The van der Waals surface area contributed by atoms with Gasteiger partial charge in [0.25, 0.3) is 0 Å². The second-order valence-corrected chi connectivity index (χ2v) is 5.03. The fourth-order valence-electron chi connectivity index (χ4n) is 2.04. The van der Waals surface area contributed by atoms with Gasteiger partial charge in [0.2, 0.25) is 0 Å². The summed E-state index contributed by atoms with van der Waals surface area (Å²) in [6, 6.07) is 2.44. The minimum Gasteiger partial charge on any atom is -0.491 e. The summed E-state index contributed by atoms with van der Waals surface area (Å²) >= 11 is 0. The van der Waals surface area contributed by atoms with Crippen molar-refractivity contribution >= 4 is 11.9 Å². The van der Waals surface area contributed by atoms with Crippen molar-refractivity contribution in [3.8, 4) is 5.75 Å². The van der Waals surface area contributed by atoms with Crippen LogP contribution in [0.2, 0.25) is 0 Å². The van der Waals surface area contributed by atoms with Gasteiger partial charge in [-0.2, -0.15) is 0 Å². The number of carboxylic acids is 2. The topological polar surface area (TPSA) is 123 Å². The zero-order chi connectivity index (χ0) is 18.0. The summed E-state index contributed by atoms with van der Waals surface area (Å²) in [5, 5.41) is 17.9. The van der Waals surface area contributed by atoms with Crippen LogP contribution in [-0.2, 0) is 0 Å². The molecule has 0 aliphatic rings. The predicted molar refractivity (Wildman–Crippen MR) is 87.0 cm³/mol. The van der Waals surface area contributed by atoms with Crippen molar-refractivity contribution in [2.24, 2.45) is 11.7 Å². The molecule has 23 heavy (non-hydrogen) atoms. The lowest BCUT2D eigenvalue weighted by Gasteiger charge is -2.19. The number of aromatic nitrogens is 1. The van der Waals surface area contributed by atoms with E-state index < -0.39 is 11.9 Å². The number of nitrogens with two attached hydrogens (primary N) is 1. The third kappa shape index (κ3) is 7.60. The third-order valence-corrected chi connectivity index (χ3v) is 2.97. The van der Waals surface area contributed by atoms with Gasteiger partial charge in [0, 0.05) is 12.1 Å². The summed E-state index contributed by atoms with van der Waals surface area (Å²) in [6.07, 6.45) is 1.42. The van der Waals surface area contributed by atoms with E-state index in [9.17, 15) is 9.59 Å². The minimum absolute atomic E-state index is 0.183. The highest BCUT2D eigenvalue weighted by molar-refractivity contribution is 5.90. The number of carboxylic acid groups (broad SMARTS) is 2. The van der Waals surface area contributed by atoms with Crippen LogP contribution < -0.4 is 10.5 Å². The molecule has 0 saturated carbocycles. The highest BCUT2D eigenvalue weighted by Crippen LogP contribution is 2.19. The number of hydrogen-bond acceptors (Lipinski definition) is 5. The van der Waals surface area contributed by atoms with E-state index in [-0.39, 0.29) is 23.2 Å². The van der Waals surface area contributed by atoms with E-state index in [2.05, 4.69) is 4.98 Å². The molecule has 1 heterocycles. The van der Waals surface area contributed by atoms with Crippen LogP contribution >= 0.6 is 0 Å². The number of rotatable bonds is 8. The van der Waals surface area contributed by atoms with E-state index in [0.29, 0.717) is 12.5 Å². The van der Waals surface area contributed by atoms with E-state index >= 15 is 0 Å². The average Bonchev–Trinajstić information content (AvgIpc) is 2.48. The van der Waals surface area contributed by atoms with Crippen LogP contribution in [0.5, 0.6) is 5.75 Å². The second-order valence-electron chi connectivity index (χ2n) is 5.03. The van der Waals surface area contributed by atoms with Crippen molar-refractivity contribution in [1.82, 2.24) is 4.98 Å². The van der Waals surface area contributed by atoms with Crippen molar-refractivity contribution in [2.45, 2.75) is 46.6 Å². The Hall–Kier alpha value is -2.15. The van der Waals surface area contributed by atoms with Gasteiger partial charge in [-0.3, -0.25) is 0 Å². The van der Waals surface area contributed by atoms with Gasteiger partial charge in [-0.1, -0.05) is 20.8 Å². The van der Waals surface area contributed by atoms with Gasteiger partial charge in [0.15, 0.2) is 11.4 Å². The fraction of sp³-hybridized carbons (Fsp3) is 0.562. The molecule has 130 valence electrons. The Kier molecular flexibility index (Phi) is 9.57. The molecule has 1 aromatic heterocycles. The van der Waals surface area contributed by atoms with Crippen LogP contribution in [0.4, 0.5) is 0 Å². The number of carbonyl (C=O) groups is 2. The SMILES string of the molecule is CC.CC(CCN)CC(C)Oc1cc(C(=O)O)nc(C(=O)O)c1. The largest absolute Gasteiger partial charge is 0.491 e. The number of nitrogens with zero attached hydrogens (tertiary/aromatic N) is 1. The van der Waals surface area contributed by atoms with Gasteiger partial charge >= 0.3 is 11.9 Å². The molecule has 2 atom stereocenters. The maximum absolute atomic E-state index is 11.0. The molecule has 0 radical (unpaired) electrons. The maximum Gasteiger partial charge on any atom is 0.354 e. The summed E-state index contributed by atoms with van der Waals surface area (Å²) in [7, 11) is 0. The summed E-state index contributed by atoms with van der Waals surface area (Å²) < 4.78 is 5.61. The first-order valence-electron chi connectivity index (χ1n) is 7.68. The molecule has 0 aliphatic carbocycles. The van der Waals surface area contributed by atoms with Gasteiger partial charge in [-0.15, -0.1) is 0 Å². The molecule has 0 saturated heterocycles. The molecule has 0 aromatic carbocycles. The first-order chi connectivity index (χ1) is 10.8. The Labute approximate surface area is 136 Å². The van der Waals surface area contributed by atoms with Crippen molar-refractivity contribution in [3.05, 3.63) is 23.5 Å². The number of ether oxygens (including phenoxy) is 1. The highest BCUT2D eigenvalue weighted by atomic mass is 16.5. The summed E-state index contributed by atoms with van der Waals surface area (Å²) in [4.78, 5) is 25.4.